The maximum Gasteiger partial charge on any atom is 0.293 e. The van der Waals surface area contributed by atoms with E-state index in [0.717, 1.165) is 80.7 Å². The quantitative estimate of drug-likeness (QED) is 0.0803. The molecule has 3 aromatic heterocycles. The van der Waals surface area contributed by atoms with Gasteiger partial charge in [0.25, 0.3) is 21.6 Å². The van der Waals surface area contributed by atoms with Crippen molar-refractivity contribution in [3.05, 3.63) is 117 Å². The number of nitro groups is 1. The van der Waals surface area contributed by atoms with Gasteiger partial charge in [0.15, 0.2) is 5.65 Å². The third-order valence-corrected chi connectivity index (χ3v) is 15.2. The van der Waals surface area contributed by atoms with E-state index in [1.165, 1.54) is 28.8 Å². The Morgan fingerprint density at radius 1 is 1.01 bits per heavy atom. The zero-order chi connectivity index (χ0) is 46.5. The number of morpholine rings is 1. The molecule has 19 heteroatoms. The van der Waals surface area contributed by atoms with Crippen molar-refractivity contribution in [3.8, 4) is 5.69 Å². The normalized spacial score (nSPS) is 19.7. The Morgan fingerprint density at radius 2 is 1.82 bits per heavy atom. The molecular formula is C48H53ClN10O7S. The number of halogens is 1. The van der Waals surface area contributed by atoms with Crippen molar-refractivity contribution in [2.75, 3.05) is 82.4 Å². The van der Waals surface area contributed by atoms with Crippen LogP contribution in [0.25, 0.3) is 33.3 Å². The van der Waals surface area contributed by atoms with Crippen molar-refractivity contribution in [1.82, 2.24) is 34.3 Å². The fraction of sp³-hybridized carbons (Fsp3) is 0.396. The number of carbonyl (C=O) groups excluding carboxylic acids is 1. The molecule has 3 N–H and O–H groups in total. The number of hydrogen-bond acceptors (Lipinski definition) is 13. The number of rotatable bonds is 13. The molecule has 1 amide bonds. The average Bonchev–Trinajstić information content (AvgIpc) is 3.94. The van der Waals surface area contributed by atoms with Gasteiger partial charge in [0, 0.05) is 86.9 Å². The monoisotopic (exact) mass is 948 g/mol. The molecule has 1 atom stereocenters. The van der Waals surface area contributed by atoms with Crippen LogP contribution in [-0.2, 0) is 19.5 Å². The number of anilines is 2. The molecule has 0 bridgehead atoms. The summed E-state index contributed by atoms with van der Waals surface area (Å²) in [5.41, 5.74) is 7.16. The molecule has 4 aliphatic rings. The number of aromatic amines is 1. The predicted molar refractivity (Wildman–Crippen MR) is 258 cm³/mol. The molecule has 6 heterocycles. The number of piperazine rings is 1. The highest BCUT2D eigenvalue weighted by atomic mass is 35.5. The van der Waals surface area contributed by atoms with Crippen LogP contribution in [0.4, 0.5) is 17.1 Å². The standard InChI is InChI=1S/C48H53ClN10O7S/c1-48(2)13-11-33(40(24-48)31-3-5-34(49)6-4-31)27-55-15-17-56(18-16-55)35-7-9-39(43(22-35)58-44-21-32-12-14-50-46(32)53-42(44)26-52-58)47(60)54-67(63,64)38-8-10-41(45(23-38)59(61)62)51-25-37-28-57(19-20-66-37)36-29-65-30-36/h3-10,12,14,21-23,26,36-37,51-52H,11,13,15-20,24-25,27-30H2,1-2H3,(H,54,60). The Morgan fingerprint density at radius 3 is 2.58 bits per heavy atom. The van der Waals surface area contributed by atoms with Crippen LogP contribution in [0.15, 0.2) is 95.7 Å². The second-order valence-electron chi connectivity index (χ2n) is 18.7. The number of H-pyrrole nitrogens is 1. The molecule has 17 nitrogen and oxygen atoms in total. The fourth-order valence-electron chi connectivity index (χ4n) is 9.68. The number of hydrogen-bond donors (Lipinski definition) is 3. The number of nitro benzene ring substituents is 1. The lowest BCUT2D eigenvalue weighted by Gasteiger charge is -2.42. The molecule has 3 aliphatic heterocycles. The summed E-state index contributed by atoms with van der Waals surface area (Å²) in [6, 6.07) is 21.2. The number of allylic oxidation sites excluding steroid dienone is 1. The van der Waals surface area contributed by atoms with Crippen molar-refractivity contribution in [3.63, 3.8) is 0 Å². The second-order valence-corrected chi connectivity index (χ2v) is 20.8. The Kier molecular flexibility index (Phi) is 12.3. The molecule has 1 unspecified atom stereocenters. The highest BCUT2D eigenvalue weighted by Gasteiger charge is 2.33. The molecule has 67 heavy (non-hydrogen) atoms. The first-order valence-corrected chi connectivity index (χ1v) is 24.6. The predicted octanol–water partition coefficient (Wildman–Crippen LogP) is 6.88. The molecule has 10 rings (SSSR count). The van der Waals surface area contributed by atoms with Gasteiger partial charge < -0.3 is 19.7 Å². The van der Waals surface area contributed by atoms with Crippen LogP contribution >= 0.6 is 11.6 Å². The van der Waals surface area contributed by atoms with Gasteiger partial charge in [-0.1, -0.05) is 43.2 Å². The summed E-state index contributed by atoms with van der Waals surface area (Å²) in [6.45, 7) is 12.2. The second kappa shape index (κ2) is 18.3. The van der Waals surface area contributed by atoms with E-state index < -0.39 is 31.4 Å². The molecule has 350 valence electrons. The summed E-state index contributed by atoms with van der Waals surface area (Å²) >= 11 is 6.27. The topological polar surface area (TPSA) is 193 Å². The number of fused-ring (bicyclic) bond motifs is 2. The summed E-state index contributed by atoms with van der Waals surface area (Å²) in [7, 11) is -4.60. The molecule has 1 aliphatic carbocycles. The van der Waals surface area contributed by atoms with E-state index in [9.17, 15) is 23.3 Å². The Balaban J connectivity index is 0.889. The first-order chi connectivity index (χ1) is 32.3. The lowest BCUT2D eigenvalue weighted by molar-refractivity contribution is -0.384. The van der Waals surface area contributed by atoms with Crippen LogP contribution in [0.2, 0.25) is 5.02 Å². The van der Waals surface area contributed by atoms with Gasteiger partial charge in [0.05, 0.1) is 58.6 Å². The summed E-state index contributed by atoms with van der Waals surface area (Å²) in [5.74, 6) is -0.910. The zero-order valence-corrected chi connectivity index (χ0v) is 39.0. The number of pyridine rings is 1. The minimum absolute atomic E-state index is 0.0603. The molecule has 3 fully saturated rings. The van der Waals surface area contributed by atoms with Gasteiger partial charge >= 0.3 is 0 Å². The number of carbonyl (C=O) groups is 1. The molecule has 6 aromatic rings. The third-order valence-electron chi connectivity index (χ3n) is 13.6. The number of sulfonamides is 1. The highest BCUT2D eigenvalue weighted by molar-refractivity contribution is 7.90. The summed E-state index contributed by atoms with van der Waals surface area (Å²) < 4.78 is 43.0. The Labute approximate surface area is 393 Å². The van der Waals surface area contributed by atoms with E-state index in [2.05, 4.69) is 65.8 Å². The lowest BCUT2D eigenvalue weighted by Crippen LogP contribution is -2.56. The van der Waals surface area contributed by atoms with Crippen LogP contribution in [0.1, 0.15) is 49.0 Å². The average molecular weight is 950 g/mol. The first-order valence-electron chi connectivity index (χ1n) is 22.7. The fourth-order valence-corrected chi connectivity index (χ4v) is 10.8. The van der Waals surface area contributed by atoms with Crippen molar-refractivity contribution >= 4 is 72.2 Å². The lowest BCUT2D eigenvalue weighted by atomic mass is 9.72. The van der Waals surface area contributed by atoms with Crippen molar-refractivity contribution in [1.29, 1.82) is 0 Å². The minimum atomic E-state index is -4.60. The Bertz CT molecular complexity index is 3000. The van der Waals surface area contributed by atoms with Gasteiger partial charge in [-0.15, -0.1) is 0 Å². The third kappa shape index (κ3) is 9.51. The SMILES string of the molecule is CC1(C)CCC(CN2CCN(c3ccc(C(=O)NS(=O)(=O)c4ccc(NCC5CN(C6COC6)CCO5)c([N+](=O)[O-])c4)c(-n4[nH]cc5nc6nccc6cc54)c3)CC2)=C(c2ccc(Cl)cc2)C1. The molecule has 0 spiro atoms. The molecule has 0 saturated carbocycles. The molecule has 0 radical (unpaired) electrons. The van der Waals surface area contributed by atoms with Crippen LogP contribution in [0, 0.1) is 15.5 Å². The van der Waals surface area contributed by atoms with Crippen molar-refractivity contribution in [2.45, 2.75) is 50.2 Å². The van der Waals surface area contributed by atoms with Gasteiger partial charge in [0.1, 0.15) is 11.2 Å². The highest BCUT2D eigenvalue weighted by Crippen LogP contribution is 2.43. The maximum absolute atomic E-state index is 14.3. The van der Waals surface area contributed by atoms with Crippen LogP contribution in [0.5, 0.6) is 0 Å². The first kappa shape index (κ1) is 44.9. The number of ether oxygens (including phenoxy) is 2. The largest absolute Gasteiger partial charge is 0.378 e. The van der Waals surface area contributed by atoms with Gasteiger partial charge in [0.2, 0.25) is 0 Å². The number of nitrogens with one attached hydrogen (secondary N) is 3. The van der Waals surface area contributed by atoms with E-state index in [-0.39, 0.29) is 29.3 Å². The van der Waals surface area contributed by atoms with Crippen molar-refractivity contribution in [2.24, 2.45) is 5.41 Å². The van der Waals surface area contributed by atoms with Crippen LogP contribution < -0.4 is 14.9 Å². The smallest absolute Gasteiger partial charge is 0.293 e. The number of aromatic nitrogens is 4. The van der Waals surface area contributed by atoms with E-state index >= 15 is 0 Å². The molecular weight excluding hydrogens is 896 g/mol. The van der Waals surface area contributed by atoms with E-state index in [0.29, 0.717) is 54.8 Å². The van der Waals surface area contributed by atoms with E-state index in [1.54, 1.807) is 23.1 Å². The summed E-state index contributed by atoms with van der Waals surface area (Å²) in [6.07, 6.45) is 6.35. The van der Waals surface area contributed by atoms with Gasteiger partial charge in [-0.25, -0.2) is 23.1 Å². The van der Waals surface area contributed by atoms with Crippen LogP contribution in [0.3, 0.4) is 0 Å². The van der Waals surface area contributed by atoms with Crippen LogP contribution in [-0.4, -0.2) is 133 Å². The van der Waals surface area contributed by atoms with E-state index in [4.69, 9.17) is 21.1 Å². The van der Waals surface area contributed by atoms with E-state index in [1.807, 2.05) is 36.4 Å². The molecule has 3 saturated heterocycles. The number of nitrogens with zero attached hydrogens (tertiary/aromatic N) is 7. The van der Waals surface area contributed by atoms with Gasteiger partial charge in [-0.2, -0.15) is 0 Å². The molecule has 3 aromatic carbocycles. The number of amides is 1. The minimum Gasteiger partial charge on any atom is -0.378 e. The summed E-state index contributed by atoms with van der Waals surface area (Å²) in [4.78, 5) is 41.6. The van der Waals surface area contributed by atoms with Crippen molar-refractivity contribution < 1.29 is 27.6 Å². The van der Waals surface area contributed by atoms with Gasteiger partial charge in [-0.05, 0) is 90.4 Å². The maximum atomic E-state index is 14.3. The van der Waals surface area contributed by atoms with Gasteiger partial charge in [-0.3, -0.25) is 34.5 Å². The number of benzene rings is 3. The zero-order valence-electron chi connectivity index (χ0n) is 37.4. The Hall–Kier alpha value is -5.89. The summed E-state index contributed by atoms with van der Waals surface area (Å²) in [5, 5.41) is 20.1.